The van der Waals surface area contributed by atoms with Gasteiger partial charge in [0.1, 0.15) is 11.9 Å². The summed E-state index contributed by atoms with van der Waals surface area (Å²) < 4.78 is 0. The van der Waals surface area contributed by atoms with E-state index in [0.717, 1.165) is 0 Å². The van der Waals surface area contributed by atoms with E-state index in [0.29, 0.717) is 12.4 Å². The molecule has 7 heteroatoms. The lowest BCUT2D eigenvalue weighted by Gasteiger charge is -2.16. The van der Waals surface area contributed by atoms with E-state index in [-0.39, 0.29) is 18.0 Å². The van der Waals surface area contributed by atoms with Crippen LogP contribution in [0.5, 0.6) is 0 Å². The summed E-state index contributed by atoms with van der Waals surface area (Å²) in [4.78, 5) is 15.3. The smallest absolute Gasteiger partial charge is 0.305 e. The molecule has 0 saturated carbocycles. The number of anilines is 1. The lowest BCUT2D eigenvalue weighted by atomic mass is 10.3. The second-order valence-electron chi connectivity index (χ2n) is 3.05. The van der Waals surface area contributed by atoms with Crippen LogP contribution in [0.2, 0.25) is 0 Å². The zero-order chi connectivity index (χ0) is 12.1. The third-order valence-electron chi connectivity index (χ3n) is 1.99. The van der Waals surface area contributed by atoms with Crippen molar-refractivity contribution < 1.29 is 10.0 Å². The Labute approximate surface area is 91.7 Å². The molecule has 0 amide bonds. The lowest BCUT2D eigenvalue weighted by Crippen LogP contribution is -2.22. The topological polar surface area (TPSA) is 103 Å². The monoisotopic (exact) mass is 222 g/mol. The van der Waals surface area contributed by atoms with Crippen molar-refractivity contribution in [1.82, 2.24) is 4.98 Å². The van der Waals surface area contributed by atoms with E-state index in [1.165, 1.54) is 12.1 Å². The van der Waals surface area contributed by atoms with Crippen LogP contribution in [0, 0.1) is 21.4 Å². The maximum absolute atomic E-state index is 10.5. The molecule has 0 atom stereocenters. The molecule has 0 fully saturated rings. The molecule has 16 heavy (non-hydrogen) atoms. The van der Waals surface area contributed by atoms with Crippen LogP contribution in [-0.2, 0) is 0 Å². The molecular formula is C9H10N4O3. The van der Waals surface area contributed by atoms with Crippen molar-refractivity contribution in [3.63, 3.8) is 0 Å². The van der Waals surface area contributed by atoms with Crippen molar-refractivity contribution >= 4 is 11.5 Å². The van der Waals surface area contributed by atoms with E-state index >= 15 is 0 Å². The van der Waals surface area contributed by atoms with Crippen LogP contribution < -0.4 is 4.90 Å². The number of nitrogens with zero attached hydrogens (tertiary/aromatic N) is 4. The lowest BCUT2D eigenvalue weighted by molar-refractivity contribution is -0.385. The van der Waals surface area contributed by atoms with Crippen LogP contribution in [-0.4, -0.2) is 35.2 Å². The fraction of sp³-hybridized carbons (Fsp3) is 0.333. The molecule has 84 valence electrons. The van der Waals surface area contributed by atoms with Gasteiger partial charge in [-0.15, -0.1) is 0 Å². The van der Waals surface area contributed by atoms with Gasteiger partial charge in [0.05, 0.1) is 11.5 Å². The first-order valence-corrected chi connectivity index (χ1v) is 4.47. The van der Waals surface area contributed by atoms with E-state index in [1.807, 2.05) is 0 Å². The van der Waals surface area contributed by atoms with Crippen molar-refractivity contribution in [2.24, 2.45) is 0 Å². The highest BCUT2D eigenvalue weighted by atomic mass is 16.6. The van der Waals surface area contributed by atoms with Crippen LogP contribution in [0.25, 0.3) is 0 Å². The first-order chi connectivity index (χ1) is 7.60. The molecule has 0 radical (unpaired) electrons. The molecule has 1 aromatic heterocycles. The van der Waals surface area contributed by atoms with Crippen molar-refractivity contribution in [3.05, 3.63) is 27.9 Å². The minimum Gasteiger partial charge on any atom is -0.395 e. The van der Waals surface area contributed by atoms with Crippen LogP contribution >= 0.6 is 0 Å². The zero-order valence-electron chi connectivity index (χ0n) is 8.62. The number of likely N-dealkylation sites (N-methyl/N-ethyl adjacent to an activating group) is 1. The second kappa shape index (κ2) is 5.04. The summed E-state index contributed by atoms with van der Waals surface area (Å²) in [6.45, 7) is 0.284. The maximum Gasteiger partial charge on any atom is 0.305 e. The minimum atomic E-state index is -0.651. The Hall–Kier alpha value is -2.20. The van der Waals surface area contributed by atoms with Crippen LogP contribution in [0.15, 0.2) is 12.1 Å². The SMILES string of the molecule is CN(CCO)c1ccc([N+](=O)[O-])c(C#N)n1. The number of aliphatic hydroxyl groups is 1. The number of nitriles is 1. The summed E-state index contributed by atoms with van der Waals surface area (Å²) in [7, 11) is 1.67. The number of nitro groups is 1. The van der Waals surface area contributed by atoms with Gasteiger partial charge < -0.3 is 10.0 Å². The predicted octanol–water partition coefficient (Wildman–Crippen LogP) is 0.290. The molecule has 0 aliphatic rings. The third-order valence-corrected chi connectivity index (χ3v) is 1.99. The summed E-state index contributed by atoms with van der Waals surface area (Å²) in [5.74, 6) is 0.413. The number of hydrogen-bond donors (Lipinski definition) is 1. The first kappa shape index (κ1) is 11.9. The molecule has 0 aliphatic carbocycles. The molecule has 0 unspecified atom stereocenters. The summed E-state index contributed by atoms with van der Waals surface area (Å²) in [5, 5.41) is 28.0. The van der Waals surface area contributed by atoms with E-state index in [2.05, 4.69) is 4.98 Å². The quantitative estimate of drug-likeness (QED) is 0.580. The van der Waals surface area contributed by atoms with E-state index < -0.39 is 4.92 Å². The number of aliphatic hydroxyl groups excluding tert-OH is 1. The molecule has 1 N–H and O–H groups in total. The Morgan fingerprint density at radius 1 is 1.69 bits per heavy atom. The van der Waals surface area contributed by atoms with Gasteiger partial charge in [0.2, 0.25) is 5.69 Å². The summed E-state index contributed by atoms with van der Waals surface area (Å²) in [6, 6.07) is 4.34. The predicted molar refractivity (Wildman–Crippen MR) is 56.0 cm³/mol. The highest BCUT2D eigenvalue weighted by Crippen LogP contribution is 2.19. The molecule has 1 rings (SSSR count). The summed E-state index contributed by atoms with van der Waals surface area (Å²) in [6.07, 6.45) is 0. The van der Waals surface area contributed by atoms with Crippen LogP contribution in [0.4, 0.5) is 11.5 Å². The van der Waals surface area contributed by atoms with Gasteiger partial charge >= 0.3 is 5.69 Å². The summed E-state index contributed by atoms with van der Waals surface area (Å²) >= 11 is 0. The van der Waals surface area contributed by atoms with Gasteiger partial charge in [0.25, 0.3) is 0 Å². The van der Waals surface area contributed by atoms with Gasteiger partial charge in [-0.1, -0.05) is 0 Å². The van der Waals surface area contributed by atoms with Gasteiger partial charge in [-0.2, -0.15) is 5.26 Å². The van der Waals surface area contributed by atoms with Crippen molar-refractivity contribution in [3.8, 4) is 6.07 Å². The normalized spacial score (nSPS) is 9.56. The van der Waals surface area contributed by atoms with Gasteiger partial charge in [-0.3, -0.25) is 10.1 Å². The number of rotatable bonds is 4. The maximum atomic E-state index is 10.5. The largest absolute Gasteiger partial charge is 0.395 e. The fourth-order valence-electron chi connectivity index (χ4n) is 1.15. The Morgan fingerprint density at radius 3 is 2.88 bits per heavy atom. The van der Waals surface area contributed by atoms with Gasteiger partial charge in [-0.25, -0.2) is 4.98 Å². The number of pyridine rings is 1. The molecule has 0 aliphatic heterocycles. The van der Waals surface area contributed by atoms with Gasteiger partial charge in [-0.05, 0) is 6.07 Å². The van der Waals surface area contributed by atoms with Crippen LogP contribution in [0.1, 0.15) is 5.69 Å². The molecule has 7 nitrogen and oxygen atoms in total. The average Bonchev–Trinajstić information content (AvgIpc) is 2.28. The van der Waals surface area contributed by atoms with Crippen molar-refractivity contribution in [1.29, 1.82) is 5.26 Å². The molecule has 1 heterocycles. The number of aromatic nitrogens is 1. The highest BCUT2D eigenvalue weighted by molar-refractivity contribution is 5.51. The minimum absolute atomic E-state index is 0.0585. The molecule has 0 bridgehead atoms. The second-order valence-corrected chi connectivity index (χ2v) is 3.05. The van der Waals surface area contributed by atoms with Crippen molar-refractivity contribution in [2.75, 3.05) is 25.1 Å². The average molecular weight is 222 g/mol. The zero-order valence-corrected chi connectivity index (χ0v) is 8.62. The van der Waals surface area contributed by atoms with Crippen molar-refractivity contribution in [2.45, 2.75) is 0 Å². The number of hydrogen-bond acceptors (Lipinski definition) is 6. The Morgan fingerprint density at radius 2 is 2.38 bits per heavy atom. The molecule has 0 aromatic carbocycles. The first-order valence-electron chi connectivity index (χ1n) is 4.47. The van der Waals surface area contributed by atoms with E-state index in [9.17, 15) is 10.1 Å². The Bertz CT molecular complexity index is 441. The highest BCUT2D eigenvalue weighted by Gasteiger charge is 2.16. The third kappa shape index (κ3) is 2.43. The standard InChI is InChI=1S/C9H10N4O3/c1-12(4-5-14)9-3-2-8(13(15)16)7(6-10)11-9/h2-3,14H,4-5H2,1H3. The Kier molecular flexibility index (Phi) is 3.74. The van der Waals surface area contributed by atoms with E-state index in [4.69, 9.17) is 10.4 Å². The molecule has 0 spiro atoms. The summed E-state index contributed by atoms with van der Waals surface area (Å²) in [5.41, 5.74) is -0.545. The molecular weight excluding hydrogens is 212 g/mol. The van der Waals surface area contributed by atoms with Gasteiger partial charge in [0.15, 0.2) is 0 Å². The van der Waals surface area contributed by atoms with Gasteiger partial charge in [0, 0.05) is 19.7 Å². The fourth-order valence-corrected chi connectivity index (χ4v) is 1.15. The molecule has 0 saturated heterocycles. The van der Waals surface area contributed by atoms with E-state index in [1.54, 1.807) is 18.0 Å². The van der Waals surface area contributed by atoms with Crippen LogP contribution in [0.3, 0.4) is 0 Å². The molecule has 1 aromatic rings. The Balaban J connectivity index is 3.10.